The Bertz CT molecular complexity index is 170. The van der Waals surface area contributed by atoms with Gasteiger partial charge in [-0.05, 0) is 6.42 Å². The van der Waals surface area contributed by atoms with Crippen LogP contribution in [0, 0.1) is 0 Å². The number of carbonyl (C=O) groups is 1. The van der Waals surface area contributed by atoms with Crippen molar-refractivity contribution < 1.29 is 9.53 Å². The average Bonchev–Trinajstić information content (AvgIpc) is 2.34. The van der Waals surface area contributed by atoms with Crippen molar-refractivity contribution in [3.05, 3.63) is 12.2 Å². The number of nitrogens with one attached hydrogen (secondary N) is 1. The van der Waals surface area contributed by atoms with Gasteiger partial charge in [-0.25, -0.2) is 0 Å². The maximum atomic E-state index is 10.8. The molecular formula is C7H12ClNO2. The van der Waals surface area contributed by atoms with Crippen LogP contribution in [0.5, 0.6) is 0 Å². The minimum atomic E-state index is -0.196. The van der Waals surface area contributed by atoms with Gasteiger partial charge in [0.1, 0.15) is 6.04 Å². The van der Waals surface area contributed by atoms with Gasteiger partial charge >= 0.3 is 5.97 Å². The van der Waals surface area contributed by atoms with Crippen LogP contribution >= 0.6 is 12.4 Å². The summed E-state index contributed by atoms with van der Waals surface area (Å²) in [5.74, 6) is -0.196. The van der Waals surface area contributed by atoms with Crippen molar-refractivity contribution >= 4 is 18.4 Å². The lowest BCUT2D eigenvalue weighted by atomic mass is 10.2. The van der Waals surface area contributed by atoms with E-state index in [1.807, 2.05) is 0 Å². The van der Waals surface area contributed by atoms with Crippen LogP contribution < -0.4 is 5.32 Å². The number of ether oxygens (including phenoxy) is 1. The summed E-state index contributed by atoms with van der Waals surface area (Å²) in [7, 11) is 1.39. The van der Waals surface area contributed by atoms with Gasteiger partial charge < -0.3 is 10.1 Å². The van der Waals surface area contributed by atoms with Gasteiger partial charge in [-0.1, -0.05) is 12.2 Å². The molecule has 1 N–H and O–H groups in total. The number of halogens is 1. The largest absolute Gasteiger partial charge is 0.468 e. The van der Waals surface area contributed by atoms with Gasteiger partial charge in [-0.3, -0.25) is 4.79 Å². The molecular weight excluding hydrogens is 166 g/mol. The SMILES string of the molecule is C=C1CNC(C(=O)OC)C1.Cl. The molecule has 1 aliphatic heterocycles. The van der Waals surface area contributed by atoms with Crippen LogP contribution in [0.3, 0.4) is 0 Å². The molecule has 1 rings (SSSR count). The summed E-state index contributed by atoms with van der Waals surface area (Å²) in [5.41, 5.74) is 1.07. The Labute approximate surface area is 72.2 Å². The van der Waals surface area contributed by atoms with Crippen LogP contribution in [-0.2, 0) is 9.53 Å². The fraction of sp³-hybridized carbons (Fsp3) is 0.571. The standard InChI is InChI=1S/C7H11NO2.ClH/c1-5-3-6(8-4-5)7(9)10-2;/h6,8H,1,3-4H2,2H3;1H. The maximum Gasteiger partial charge on any atom is 0.323 e. The average molecular weight is 178 g/mol. The van der Waals surface area contributed by atoms with Gasteiger partial charge in [0.2, 0.25) is 0 Å². The predicted octanol–water partition coefficient (Wildman–Crippen LogP) is 0.499. The van der Waals surface area contributed by atoms with Crippen molar-refractivity contribution in [3.8, 4) is 0 Å². The Morgan fingerprint density at radius 2 is 2.45 bits per heavy atom. The Morgan fingerprint density at radius 3 is 2.82 bits per heavy atom. The van der Waals surface area contributed by atoms with E-state index in [0.29, 0.717) is 6.42 Å². The highest BCUT2D eigenvalue weighted by atomic mass is 35.5. The first kappa shape index (κ1) is 10.5. The molecule has 1 heterocycles. The molecule has 0 aromatic carbocycles. The number of hydrogen-bond acceptors (Lipinski definition) is 3. The molecule has 1 atom stereocenters. The Balaban J connectivity index is 0.000001000. The predicted molar refractivity (Wildman–Crippen MR) is 44.8 cm³/mol. The highest BCUT2D eigenvalue weighted by Gasteiger charge is 2.24. The zero-order chi connectivity index (χ0) is 7.56. The smallest absolute Gasteiger partial charge is 0.323 e. The van der Waals surface area contributed by atoms with Gasteiger partial charge in [0, 0.05) is 6.54 Å². The van der Waals surface area contributed by atoms with Crippen LogP contribution in [0.2, 0.25) is 0 Å². The number of esters is 1. The normalized spacial score (nSPS) is 22.6. The van der Waals surface area contributed by atoms with E-state index >= 15 is 0 Å². The molecule has 0 aromatic rings. The van der Waals surface area contributed by atoms with Crippen molar-refractivity contribution in [2.24, 2.45) is 0 Å². The van der Waals surface area contributed by atoms with Gasteiger partial charge in [0.05, 0.1) is 7.11 Å². The molecule has 11 heavy (non-hydrogen) atoms. The van der Waals surface area contributed by atoms with Crippen molar-refractivity contribution in [3.63, 3.8) is 0 Å². The van der Waals surface area contributed by atoms with E-state index < -0.39 is 0 Å². The van der Waals surface area contributed by atoms with Crippen LogP contribution in [0.4, 0.5) is 0 Å². The Morgan fingerprint density at radius 1 is 1.82 bits per heavy atom. The molecule has 0 amide bonds. The van der Waals surface area contributed by atoms with E-state index in [4.69, 9.17) is 0 Å². The first-order valence-corrected chi connectivity index (χ1v) is 3.22. The molecule has 0 aliphatic carbocycles. The molecule has 64 valence electrons. The molecule has 0 radical (unpaired) electrons. The molecule has 0 aromatic heterocycles. The summed E-state index contributed by atoms with van der Waals surface area (Å²) in [4.78, 5) is 10.8. The van der Waals surface area contributed by atoms with Gasteiger partial charge in [0.15, 0.2) is 0 Å². The second-order valence-corrected chi connectivity index (χ2v) is 2.41. The van der Waals surface area contributed by atoms with Gasteiger partial charge in [-0.15, -0.1) is 12.4 Å². The number of carbonyl (C=O) groups excluding carboxylic acids is 1. The molecule has 0 spiro atoms. The lowest BCUT2D eigenvalue weighted by Gasteiger charge is -2.04. The van der Waals surface area contributed by atoms with Crippen molar-refractivity contribution in [2.45, 2.75) is 12.5 Å². The maximum absolute atomic E-state index is 10.8. The summed E-state index contributed by atoms with van der Waals surface area (Å²) in [5, 5.41) is 2.98. The lowest BCUT2D eigenvalue weighted by molar-refractivity contribution is -0.142. The molecule has 0 saturated carbocycles. The fourth-order valence-corrected chi connectivity index (χ4v) is 1.01. The summed E-state index contributed by atoms with van der Waals surface area (Å²) >= 11 is 0. The van der Waals surface area contributed by atoms with E-state index in [-0.39, 0.29) is 24.4 Å². The molecule has 1 unspecified atom stereocenters. The molecule has 1 aliphatic rings. The second kappa shape index (κ2) is 4.36. The van der Waals surface area contributed by atoms with Gasteiger partial charge in [0.25, 0.3) is 0 Å². The van der Waals surface area contributed by atoms with Crippen LogP contribution in [0.1, 0.15) is 6.42 Å². The number of methoxy groups -OCH3 is 1. The summed E-state index contributed by atoms with van der Waals surface area (Å²) in [6, 6.07) is -0.155. The third-order valence-corrected chi connectivity index (χ3v) is 1.58. The highest BCUT2D eigenvalue weighted by Crippen LogP contribution is 2.10. The summed E-state index contributed by atoms with van der Waals surface area (Å²) in [6.07, 6.45) is 0.715. The molecule has 1 saturated heterocycles. The third-order valence-electron chi connectivity index (χ3n) is 1.58. The highest BCUT2D eigenvalue weighted by molar-refractivity contribution is 5.85. The first-order chi connectivity index (χ1) is 4.74. The quantitative estimate of drug-likeness (QED) is 0.468. The van der Waals surface area contributed by atoms with Crippen LogP contribution in [0.25, 0.3) is 0 Å². The molecule has 3 nitrogen and oxygen atoms in total. The van der Waals surface area contributed by atoms with E-state index in [2.05, 4.69) is 16.6 Å². The fourth-order valence-electron chi connectivity index (χ4n) is 1.01. The third kappa shape index (κ3) is 2.52. The van der Waals surface area contributed by atoms with Crippen molar-refractivity contribution in [2.75, 3.05) is 13.7 Å². The minimum Gasteiger partial charge on any atom is -0.468 e. The summed E-state index contributed by atoms with van der Waals surface area (Å²) in [6.45, 7) is 4.49. The zero-order valence-corrected chi connectivity index (χ0v) is 7.24. The van der Waals surface area contributed by atoms with Gasteiger partial charge in [-0.2, -0.15) is 0 Å². The van der Waals surface area contributed by atoms with E-state index in [1.54, 1.807) is 0 Å². The Kier molecular flexibility index (Phi) is 4.15. The minimum absolute atomic E-state index is 0. The zero-order valence-electron chi connectivity index (χ0n) is 6.42. The number of rotatable bonds is 1. The van der Waals surface area contributed by atoms with E-state index in [1.165, 1.54) is 7.11 Å². The molecule has 0 bridgehead atoms. The topological polar surface area (TPSA) is 38.3 Å². The first-order valence-electron chi connectivity index (χ1n) is 3.22. The molecule has 1 fully saturated rings. The lowest BCUT2D eigenvalue weighted by Crippen LogP contribution is -2.31. The van der Waals surface area contributed by atoms with Crippen molar-refractivity contribution in [1.29, 1.82) is 0 Å². The van der Waals surface area contributed by atoms with Crippen molar-refractivity contribution in [1.82, 2.24) is 5.32 Å². The van der Waals surface area contributed by atoms with E-state index in [0.717, 1.165) is 12.1 Å². The van der Waals surface area contributed by atoms with Crippen LogP contribution in [0.15, 0.2) is 12.2 Å². The monoisotopic (exact) mass is 177 g/mol. The van der Waals surface area contributed by atoms with Crippen LogP contribution in [-0.4, -0.2) is 25.7 Å². The Hall–Kier alpha value is -0.540. The van der Waals surface area contributed by atoms with E-state index in [9.17, 15) is 4.79 Å². The summed E-state index contributed by atoms with van der Waals surface area (Å²) < 4.78 is 4.54. The number of hydrogen-bond donors (Lipinski definition) is 1. The second-order valence-electron chi connectivity index (χ2n) is 2.41. The molecule has 4 heteroatoms.